The van der Waals surface area contributed by atoms with Gasteiger partial charge in [-0.1, -0.05) is 6.07 Å². The number of aromatic nitrogens is 2. The summed E-state index contributed by atoms with van der Waals surface area (Å²) in [6.45, 7) is 3.65. The zero-order chi connectivity index (χ0) is 10.5. The quantitative estimate of drug-likeness (QED) is 0.856. The van der Waals surface area contributed by atoms with Crippen molar-refractivity contribution in [3.8, 4) is 0 Å². The molecule has 1 N–H and O–H groups in total. The first kappa shape index (κ1) is 10.3. The Kier molecular flexibility index (Phi) is 3.42. The van der Waals surface area contributed by atoms with Gasteiger partial charge in [0.15, 0.2) is 0 Å². The lowest BCUT2D eigenvalue weighted by Crippen LogP contribution is -2.13. The standard InChI is InChI=1S/C11H13N3S/c1-9-2-3-10(14-6-9)7-12-8-11-13-4-5-15-11/h2-6,12H,7-8H2,1H3. The first-order valence-corrected chi connectivity index (χ1v) is 5.73. The molecule has 0 unspecified atom stereocenters. The van der Waals surface area contributed by atoms with E-state index in [9.17, 15) is 0 Å². The van der Waals surface area contributed by atoms with Crippen LogP contribution in [-0.4, -0.2) is 9.97 Å². The Hall–Kier alpha value is -1.26. The maximum absolute atomic E-state index is 4.32. The Morgan fingerprint density at radius 3 is 2.87 bits per heavy atom. The molecule has 0 amide bonds. The summed E-state index contributed by atoms with van der Waals surface area (Å²) in [6.07, 6.45) is 3.71. The average Bonchev–Trinajstić information content (AvgIpc) is 2.74. The van der Waals surface area contributed by atoms with Gasteiger partial charge in [-0.15, -0.1) is 11.3 Å². The Labute approximate surface area is 93.2 Å². The molecule has 0 fully saturated rings. The van der Waals surface area contributed by atoms with Crippen molar-refractivity contribution in [3.05, 3.63) is 46.2 Å². The predicted molar refractivity (Wildman–Crippen MR) is 61.6 cm³/mol. The lowest BCUT2D eigenvalue weighted by molar-refractivity contribution is 0.676. The minimum atomic E-state index is 0.792. The van der Waals surface area contributed by atoms with Gasteiger partial charge in [-0.25, -0.2) is 4.98 Å². The minimum absolute atomic E-state index is 0.792. The van der Waals surface area contributed by atoms with Crippen molar-refractivity contribution in [2.45, 2.75) is 20.0 Å². The van der Waals surface area contributed by atoms with Crippen molar-refractivity contribution >= 4 is 11.3 Å². The van der Waals surface area contributed by atoms with Crippen molar-refractivity contribution in [1.29, 1.82) is 0 Å². The molecule has 0 aliphatic heterocycles. The third-order valence-electron chi connectivity index (χ3n) is 2.04. The second-order valence-corrected chi connectivity index (χ2v) is 4.34. The molecule has 0 saturated carbocycles. The van der Waals surface area contributed by atoms with Crippen LogP contribution in [0.1, 0.15) is 16.3 Å². The predicted octanol–water partition coefficient (Wildman–Crippen LogP) is 2.14. The van der Waals surface area contributed by atoms with Gasteiger partial charge >= 0.3 is 0 Å². The molecule has 3 nitrogen and oxygen atoms in total. The zero-order valence-electron chi connectivity index (χ0n) is 8.60. The number of hydrogen-bond acceptors (Lipinski definition) is 4. The molecule has 0 spiro atoms. The molecule has 0 bridgehead atoms. The Balaban J connectivity index is 1.81. The summed E-state index contributed by atoms with van der Waals surface area (Å²) in [4.78, 5) is 8.51. The van der Waals surface area contributed by atoms with E-state index in [1.807, 2.05) is 30.8 Å². The smallest absolute Gasteiger partial charge is 0.106 e. The van der Waals surface area contributed by atoms with Gasteiger partial charge in [0.05, 0.1) is 5.69 Å². The van der Waals surface area contributed by atoms with Crippen LogP contribution in [0.25, 0.3) is 0 Å². The largest absolute Gasteiger partial charge is 0.305 e. The fraction of sp³-hybridized carbons (Fsp3) is 0.273. The van der Waals surface area contributed by atoms with Crippen molar-refractivity contribution in [2.24, 2.45) is 0 Å². The fourth-order valence-electron chi connectivity index (χ4n) is 1.24. The monoisotopic (exact) mass is 219 g/mol. The van der Waals surface area contributed by atoms with Crippen molar-refractivity contribution < 1.29 is 0 Å². The summed E-state index contributed by atoms with van der Waals surface area (Å²) in [6, 6.07) is 4.12. The summed E-state index contributed by atoms with van der Waals surface area (Å²) < 4.78 is 0. The van der Waals surface area contributed by atoms with Gasteiger partial charge in [-0.2, -0.15) is 0 Å². The molecule has 0 aliphatic rings. The number of rotatable bonds is 4. The summed E-state index contributed by atoms with van der Waals surface area (Å²) >= 11 is 1.67. The fourth-order valence-corrected chi connectivity index (χ4v) is 1.83. The summed E-state index contributed by atoms with van der Waals surface area (Å²) in [5.74, 6) is 0. The number of thiazole rings is 1. The van der Waals surface area contributed by atoms with E-state index in [4.69, 9.17) is 0 Å². The van der Waals surface area contributed by atoms with Crippen LogP contribution in [-0.2, 0) is 13.1 Å². The second kappa shape index (κ2) is 5.00. The SMILES string of the molecule is Cc1ccc(CNCc2nccs2)nc1. The Morgan fingerprint density at radius 1 is 1.27 bits per heavy atom. The molecule has 2 aromatic heterocycles. The molecule has 0 aromatic carbocycles. The van der Waals surface area contributed by atoms with E-state index in [-0.39, 0.29) is 0 Å². The maximum Gasteiger partial charge on any atom is 0.106 e. The molecular formula is C11H13N3S. The summed E-state index contributed by atoms with van der Waals surface area (Å²) in [5, 5.41) is 6.41. The molecule has 0 aliphatic carbocycles. The van der Waals surface area contributed by atoms with Gasteiger partial charge in [0.25, 0.3) is 0 Å². The zero-order valence-corrected chi connectivity index (χ0v) is 9.42. The highest BCUT2D eigenvalue weighted by Gasteiger charge is 1.96. The molecule has 2 rings (SSSR count). The van der Waals surface area contributed by atoms with Gasteiger partial charge in [-0.05, 0) is 18.6 Å². The Morgan fingerprint density at radius 2 is 2.20 bits per heavy atom. The highest BCUT2D eigenvalue weighted by Crippen LogP contribution is 2.03. The van der Waals surface area contributed by atoms with Gasteiger partial charge in [0.2, 0.25) is 0 Å². The van der Waals surface area contributed by atoms with Crippen LogP contribution in [0, 0.1) is 6.92 Å². The topological polar surface area (TPSA) is 37.8 Å². The summed E-state index contributed by atoms with van der Waals surface area (Å²) in [5.41, 5.74) is 2.26. The van der Waals surface area contributed by atoms with Crippen molar-refractivity contribution in [1.82, 2.24) is 15.3 Å². The highest BCUT2D eigenvalue weighted by molar-refractivity contribution is 7.09. The van der Waals surface area contributed by atoms with Crippen LogP contribution in [0.5, 0.6) is 0 Å². The Bertz CT molecular complexity index is 394. The number of hydrogen-bond donors (Lipinski definition) is 1. The van der Waals surface area contributed by atoms with Crippen molar-refractivity contribution in [2.75, 3.05) is 0 Å². The first-order chi connectivity index (χ1) is 7.34. The molecular weight excluding hydrogens is 206 g/mol. The van der Waals surface area contributed by atoms with Gasteiger partial charge in [0.1, 0.15) is 5.01 Å². The van der Waals surface area contributed by atoms with E-state index in [2.05, 4.69) is 21.4 Å². The van der Waals surface area contributed by atoms with Crippen LogP contribution in [0.2, 0.25) is 0 Å². The second-order valence-electron chi connectivity index (χ2n) is 3.36. The molecule has 15 heavy (non-hydrogen) atoms. The number of nitrogens with zero attached hydrogens (tertiary/aromatic N) is 2. The van der Waals surface area contributed by atoms with Crippen LogP contribution >= 0.6 is 11.3 Å². The lowest BCUT2D eigenvalue weighted by Gasteiger charge is -2.02. The van der Waals surface area contributed by atoms with Gasteiger partial charge in [0, 0.05) is 30.9 Å². The van der Waals surface area contributed by atoms with E-state index in [0.29, 0.717) is 0 Å². The molecule has 2 heterocycles. The molecule has 0 atom stereocenters. The highest BCUT2D eigenvalue weighted by atomic mass is 32.1. The molecule has 0 saturated heterocycles. The normalized spacial score (nSPS) is 10.5. The van der Waals surface area contributed by atoms with E-state index in [1.165, 1.54) is 5.56 Å². The number of aryl methyl sites for hydroxylation is 1. The molecule has 2 aromatic rings. The lowest BCUT2D eigenvalue weighted by atomic mass is 10.3. The minimum Gasteiger partial charge on any atom is -0.305 e. The number of pyridine rings is 1. The number of nitrogens with one attached hydrogen (secondary N) is 1. The van der Waals surface area contributed by atoms with E-state index < -0.39 is 0 Å². The van der Waals surface area contributed by atoms with Crippen LogP contribution in [0.4, 0.5) is 0 Å². The molecule has 4 heteroatoms. The molecule has 0 radical (unpaired) electrons. The summed E-state index contributed by atoms with van der Waals surface area (Å²) in [7, 11) is 0. The van der Waals surface area contributed by atoms with Crippen LogP contribution in [0.3, 0.4) is 0 Å². The van der Waals surface area contributed by atoms with Crippen LogP contribution < -0.4 is 5.32 Å². The van der Waals surface area contributed by atoms with E-state index in [1.54, 1.807) is 11.3 Å². The van der Waals surface area contributed by atoms with Gasteiger partial charge in [-0.3, -0.25) is 4.98 Å². The van der Waals surface area contributed by atoms with E-state index in [0.717, 1.165) is 23.8 Å². The van der Waals surface area contributed by atoms with Crippen molar-refractivity contribution in [3.63, 3.8) is 0 Å². The third kappa shape index (κ3) is 3.11. The first-order valence-electron chi connectivity index (χ1n) is 4.85. The average molecular weight is 219 g/mol. The van der Waals surface area contributed by atoms with Gasteiger partial charge < -0.3 is 5.32 Å². The third-order valence-corrected chi connectivity index (χ3v) is 2.82. The van der Waals surface area contributed by atoms with Crippen LogP contribution in [0.15, 0.2) is 29.9 Å². The maximum atomic E-state index is 4.32. The van der Waals surface area contributed by atoms with E-state index >= 15 is 0 Å². The molecule has 78 valence electrons.